The van der Waals surface area contributed by atoms with Crippen molar-refractivity contribution in [2.45, 2.75) is 0 Å². The summed E-state index contributed by atoms with van der Waals surface area (Å²) >= 11 is 5.78. The van der Waals surface area contributed by atoms with Crippen LogP contribution in [0.15, 0.2) is 36.4 Å². The normalized spacial score (nSPS) is 10.2. The molecule has 0 spiro atoms. The largest absolute Gasteiger partial charge is 0.478 e. The number of nitrogen functional groups attached to an aromatic ring is 1. The molecule has 0 aromatic heterocycles. The van der Waals surface area contributed by atoms with Crippen LogP contribution in [0, 0.1) is 5.82 Å². The highest BCUT2D eigenvalue weighted by atomic mass is 35.5. The highest BCUT2D eigenvalue weighted by Gasteiger charge is 2.18. The van der Waals surface area contributed by atoms with Gasteiger partial charge >= 0.3 is 5.97 Å². The maximum Gasteiger partial charge on any atom is 0.337 e. The lowest BCUT2D eigenvalue weighted by molar-refractivity contribution is 0.0698. The summed E-state index contributed by atoms with van der Waals surface area (Å²) in [4.78, 5) is 23.2. The summed E-state index contributed by atoms with van der Waals surface area (Å²) < 4.78 is 13.6. The van der Waals surface area contributed by atoms with E-state index in [9.17, 15) is 14.0 Å². The van der Waals surface area contributed by atoms with Crippen molar-refractivity contribution in [1.82, 2.24) is 0 Å². The quantitative estimate of drug-likeness (QED) is 0.760. The van der Waals surface area contributed by atoms with E-state index in [1.165, 1.54) is 30.3 Å². The Morgan fingerprint density at radius 3 is 2.57 bits per heavy atom. The second-order valence-corrected chi connectivity index (χ2v) is 4.57. The minimum atomic E-state index is -1.27. The van der Waals surface area contributed by atoms with Crippen LogP contribution in [-0.2, 0) is 0 Å². The molecule has 7 heteroatoms. The molecule has 108 valence electrons. The molecule has 1 amide bonds. The topological polar surface area (TPSA) is 92.4 Å². The van der Waals surface area contributed by atoms with Gasteiger partial charge in [-0.05, 0) is 30.3 Å². The average Bonchev–Trinajstić information content (AvgIpc) is 2.40. The number of nitrogens with one attached hydrogen (secondary N) is 1. The van der Waals surface area contributed by atoms with Crippen molar-refractivity contribution in [3.63, 3.8) is 0 Å². The van der Waals surface area contributed by atoms with Gasteiger partial charge in [0.15, 0.2) is 0 Å². The van der Waals surface area contributed by atoms with Gasteiger partial charge in [0.2, 0.25) is 0 Å². The van der Waals surface area contributed by atoms with E-state index in [4.69, 9.17) is 22.4 Å². The summed E-state index contributed by atoms with van der Waals surface area (Å²) in [6.45, 7) is 0. The Morgan fingerprint density at radius 2 is 1.95 bits per heavy atom. The summed E-state index contributed by atoms with van der Waals surface area (Å²) in [5.74, 6) is -2.91. The average molecular weight is 309 g/mol. The van der Waals surface area contributed by atoms with Crippen molar-refractivity contribution >= 4 is 34.9 Å². The first-order chi connectivity index (χ1) is 9.90. The van der Waals surface area contributed by atoms with Crippen molar-refractivity contribution in [3.05, 3.63) is 58.4 Å². The molecule has 0 atom stereocenters. The van der Waals surface area contributed by atoms with Gasteiger partial charge in [0.1, 0.15) is 5.82 Å². The maximum absolute atomic E-state index is 13.6. The third kappa shape index (κ3) is 3.11. The molecule has 4 N–H and O–H groups in total. The van der Waals surface area contributed by atoms with Gasteiger partial charge in [0.25, 0.3) is 5.91 Å². The standard InChI is InChI=1S/C14H10ClFN2O3/c15-9-2-1-3-10(16)12(9)13(19)18-11-5-4-7(17)6-8(11)14(20)21/h1-6H,17H2,(H,18,19)(H,20,21). The van der Waals surface area contributed by atoms with Crippen molar-refractivity contribution < 1.29 is 19.1 Å². The van der Waals surface area contributed by atoms with Crippen LogP contribution < -0.4 is 11.1 Å². The van der Waals surface area contributed by atoms with E-state index in [1.807, 2.05) is 0 Å². The number of carboxylic acids is 1. The molecule has 2 aromatic carbocycles. The lowest BCUT2D eigenvalue weighted by atomic mass is 10.1. The Hall–Kier alpha value is -2.60. The van der Waals surface area contributed by atoms with Crippen molar-refractivity contribution in [2.75, 3.05) is 11.1 Å². The van der Waals surface area contributed by atoms with Gasteiger partial charge in [0.05, 0.1) is 21.8 Å². The summed E-state index contributed by atoms with van der Waals surface area (Å²) in [5.41, 5.74) is 5.18. The molecule has 0 fully saturated rings. The number of benzene rings is 2. The Morgan fingerprint density at radius 1 is 1.24 bits per heavy atom. The number of carboxylic acid groups (broad SMARTS) is 1. The highest BCUT2D eigenvalue weighted by Crippen LogP contribution is 2.23. The van der Waals surface area contributed by atoms with Gasteiger partial charge < -0.3 is 16.2 Å². The number of halogens is 2. The van der Waals surface area contributed by atoms with E-state index in [1.54, 1.807) is 0 Å². The number of amides is 1. The van der Waals surface area contributed by atoms with E-state index in [-0.39, 0.29) is 27.5 Å². The first-order valence-electron chi connectivity index (χ1n) is 5.78. The molecular formula is C14H10ClFN2O3. The minimum Gasteiger partial charge on any atom is -0.478 e. The third-order valence-corrected chi connectivity index (χ3v) is 3.03. The highest BCUT2D eigenvalue weighted by molar-refractivity contribution is 6.34. The summed E-state index contributed by atoms with van der Waals surface area (Å²) in [7, 11) is 0. The first kappa shape index (κ1) is 14.8. The molecule has 0 aliphatic carbocycles. The zero-order chi connectivity index (χ0) is 15.6. The van der Waals surface area contributed by atoms with Crippen LogP contribution in [0.3, 0.4) is 0 Å². The van der Waals surface area contributed by atoms with Crippen molar-refractivity contribution in [2.24, 2.45) is 0 Å². The number of anilines is 2. The molecular weight excluding hydrogens is 299 g/mol. The van der Waals surface area contributed by atoms with E-state index in [2.05, 4.69) is 5.32 Å². The zero-order valence-electron chi connectivity index (χ0n) is 10.6. The van der Waals surface area contributed by atoms with E-state index >= 15 is 0 Å². The smallest absolute Gasteiger partial charge is 0.337 e. The van der Waals surface area contributed by atoms with Gasteiger partial charge in [-0.25, -0.2) is 9.18 Å². The Labute approximate surface area is 124 Å². The number of carbonyl (C=O) groups excluding carboxylic acids is 1. The summed E-state index contributed by atoms with van der Waals surface area (Å²) in [5, 5.41) is 11.3. The first-order valence-corrected chi connectivity index (χ1v) is 6.16. The molecule has 0 radical (unpaired) electrons. The molecule has 21 heavy (non-hydrogen) atoms. The van der Waals surface area contributed by atoms with Crippen molar-refractivity contribution in [1.29, 1.82) is 0 Å². The molecule has 0 aliphatic heterocycles. The van der Waals surface area contributed by atoms with E-state index in [0.717, 1.165) is 6.07 Å². The molecule has 0 saturated carbocycles. The Balaban J connectivity index is 2.39. The molecule has 2 aromatic rings. The van der Waals surface area contributed by atoms with E-state index in [0.29, 0.717) is 0 Å². The number of rotatable bonds is 3. The number of hydrogen-bond donors (Lipinski definition) is 3. The molecule has 0 saturated heterocycles. The van der Waals surface area contributed by atoms with Crippen LogP contribution in [0.2, 0.25) is 5.02 Å². The molecule has 0 unspecified atom stereocenters. The molecule has 5 nitrogen and oxygen atoms in total. The van der Waals surface area contributed by atoms with Gasteiger partial charge in [-0.1, -0.05) is 17.7 Å². The number of carbonyl (C=O) groups is 2. The third-order valence-electron chi connectivity index (χ3n) is 2.71. The van der Waals surface area contributed by atoms with Crippen LogP contribution in [0.4, 0.5) is 15.8 Å². The van der Waals surface area contributed by atoms with Gasteiger partial charge in [-0.15, -0.1) is 0 Å². The summed E-state index contributed by atoms with van der Waals surface area (Å²) in [6, 6.07) is 7.75. The minimum absolute atomic E-state index is 0.000944. The lowest BCUT2D eigenvalue weighted by Gasteiger charge is -2.10. The number of nitrogens with two attached hydrogens (primary N) is 1. The van der Waals surface area contributed by atoms with Gasteiger partial charge in [0, 0.05) is 5.69 Å². The van der Waals surface area contributed by atoms with Crippen LogP contribution in [0.1, 0.15) is 20.7 Å². The predicted octanol–water partition coefficient (Wildman–Crippen LogP) is 3.01. The fourth-order valence-electron chi connectivity index (χ4n) is 1.75. The fraction of sp³-hybridized carbons (Fsp3) is 0. The second kappa shape index (κ2) is 5.80. The number of hydrogen-bond acceptors (Lipinski definition) is 3. The van der Waals surface area contributed by atoms with E-state index < -0.39 is 17.7 Å². The van der Waals surface area contributed by atoms with Gasteiger partial charge in [-0.3, -0.25) is 4.79 Å². The summed E-state index contributed by atoms with van der Waals surface area (Å²) in [6.07, 6.45) is 0. The van der Waals surface area contributed by atoms with Crippen LogP contribution in [0.25, 0.3) is 0 Å². The number of aromatic carboxylic acids is 1. The van der Waals surface area contributed by atoms with Crippen molar-refractivity contribution in [3.8, 4) is 0 Å². The lowest BCUT2D eigenvalue weighted by Crippen LogP contribution is -2.17. The van der Waals surface area contributed by atoms with Gasteiger partial charge in [-0.2, -0.15) is 0 Å². The SMILES string of the molecule is Nc1ccc(NC(=O)c2c(F)cccc2Cl)c(C(=O)O)c1. The second-order valence-electron chi connectivity index (χ2n) is 4.16. The Bertz CT molecular complexity index is 714. The molecule has 0 heterocycles. The monoisotopic (exact) mass is 308 g/mol. The van der Waals surface area contributed by atoms with Crippen LogP contribution >= 0.6 is 11.6 Å². The predicted molar refractivity (Wildman–Crippen MR) is 77.2 cm³/mol. The molecule has 2 rings (SSSR count). The zero-order valence-corrected chi connectivity index (χ0v) is 11.3. The molecule has 0 aliphatic rings. The van der Waals surface area contributed by atoms with Crippen LogP contribution in [-0.4, -0.2) is 17.0 Å². The fourth-order valence-corrected chi connectivity index (χ4v) is 2.00. The molecule has 0 bridgehead atoms. The Kier molecular flexibility index (Phi) is 4.09. The van der Waals surface area contributed by atoms with Crippen LogP contribution in [0.5, 0.6) is 0 Å². The maximum atomic E-state index is 13.6.